The van der Waals surface area contributed by atoms with Crippen LogP contribution >= 0.6 is 0 Å². The Morgan fingerprint density at radius 1 is 1.07 bits per heavy atom. The van der Waals surface area contributed by atoms with E-state index in [1.54, 1.807) is 49.6 Å². The van der Waals surface area contributed by atoms with E-state index in [0.29, 0.717) is 28.4 Å². The Hall–Kier alpha value is -4.14. The number of Topliss-reactive ketones (excluding diaryl/α,β-unsaturated/α-hetero) is 1. The molecule has 0 saturated carbocycles. The third-order valence-corrected chi connectivity index (χ3v) is 4.58. The van der Waals surface area contributed by atoms with E-state index in [0.717, 1.165) is 10.2 Å². The number of aromatic nitrogens is 5. The molecular formula is C21H18N6O3. The molecule has 1 N–H and O–H groups in total. The van der Waals surface area contributed by atoms with Crippen molar-refractivity contribution < 1.29 is 9.59 Å². The Kier molecular flexibility index (Phi) is 4.93. The Morgan fingerprint density at radius 3 is 2.43 bits per heavy atom. The van der Waals surface area contributed by atoms with Gasteiger partial charge in [0.2, 0.25) is 5.91 Å². The second-order valence-electron chi connectivity index (χ2n) is 6.74. The van der Waals surface area contributed by atoms with Crippen LogP contribution in [0.1, 0.15) is 23.1 Å². The summed E-state index contributed by atoms with van der Waals surface area (Å²) < 4.78 is 2.46. The number of nitrogens with one attached hydrogen (secondary N) is 1. The number of aryl methyl sites for hydroxylation is 1. The summed E-state index contributed by atoms with van der Waals surface area (Å²) in [4.78, 5) is 44.9. The summed E-state index contributed by atoms with van der Waals surface area (Å²) in [6, 6.07) is 11.9. The molecule has 0 aliphatic heterocycles. The standard InChI is InChI=1S/C21H18N6O3/c1-13(28)15-3-5-17(6-4-15)24-20(29)12-26-21(30)27-14(2)23-18(11-19(27)25-26)16-7-9-22-10-8-16/h3-11H,12H2,1-2H3,(H,24,29). The minimum Gasteiger partial charge on any atom is -0.324 e. The molecule has 0 bridgehead atoms. The van der Waals surface area contributed by atoms with Gasteiger partial charge >= 0.3 is 5.69 Å². The van der Waals surface area contributed by atoms with Gasteiger partial charge in [-0.15, -0.1) is 5.10 Å². The number of pyridine rings is 1. The molecule has 150 valence electrons. The monoisotopic (exact) mass is 402 g/mol. The van der Waals surface area contributed by atoms with Gasteiger partial charge in [-0.05, 0) is 50.2 Å². The average Bonchev–Trinajstić information content (AvgIpc) is 3.04. The Labute approximate surface area is 171 Å². The first-order valence-electron chi connectivity index (χ1n) is 9.21. The average molecular weight is 402 g/mol. The SMILES string of the molecule is CC(=O)c1ccc(NC(=O)Cn2nc3cc(-c4ccncc4)nc(C)n3c2=O)cc1. The van der Waals surface area contributed by atoms with Gasteiger partial charge in [0.25, 0.3) is 0 Å². The largest absolute Gasteiger partial charge is 0.352 e. The maximum atomic E-state index is 12.7. The van der Waals surface area contributed by atoms with Gasteiger partial charge < -0.3 is 5.32 Å². The fourth-order valence-electron chi connectivity index (χ4n) is 3.10. The first-order chi connectivity index (χ1) is 14.4. The minimum atomic E-state index is -0.446. The summed E-state index contributed by atoms with van der Waals surface area (Å²) >= 11 is 0. The molecule has 0 aliphatic carbocycles. The summed E-state index contributed by atoms with van der Waals surface area (Å²) in [6.45, 7) is 2.93. The molecule has 0 saturated heterocycles. The van der Waals surface area contributed by atoms with E-state index in [1.807, 2.05) is 12.1 Å². The molecule has 0 radical (unpaired) electrons. The molecule has 3 aromatic heterocycles. The van der Waals surface area contributed by atoms with Crippen LogP contribution in [0, 0.1) is 6.92 Å². The van der Waals surface area contributed by atoms with Gasteiger partial charge in [-0.3, -0.25) is 14.6 Å². The van der Waals surface area contributed by atoms with Crippen molar-refractivity contribution >= 4 is 23.0 Å². The van der Waals surface area contributed by atoms with E-state index in [9.17, 15) is 14.4 Å². The molecule has 9 heteroatoms. The van der Waals surface area contributed by atoms with Gasteiger partial charge in [0.05, 0.1) is 5.69 Å². The summed E-state index contributed by atoms with van der Waals surface area (Å²) in [5.41, 5.74) is 2.55. The van der Waals surface area contributed by atoms with E-state index < -0.39 is 11.6 Å². The van der Waals surface area contributed by atoms with Crippen molar-refractivity contribution in [2.75, 3.05) is 5.32 Å². The van der Waals surface area contributed by atoms with Gasteiger partial charge in [0.15, 0.2) is 11.4 Å². The van der Waals surface area contributed by atoms with E-state index in [2.05, 4.69) is 20.4 Å². The smallest absolute Gasteiger partial charge is 0.324 e. The predicted octanol–water partition coefficient (Wildman–Crippen LogP) is 2.10. The minimum absolute atomic E-state index is 0.0563. The quantitative estimate of drug-likeness (QED) is 0.512. The molecule has 9 nitrogen and oxygen atoms in total. The van der Waals surface area contributed by atoms with Gasteiger partial charge in [0, 0.05) is 35.3 Å². The van der Waals surface area contributed by atoms with Crippen LogP contribution in [-0.4, -0.2) is 35.8 Å². The Balaban J connectivity index is 1.59. The van der Waals surface area contributed by atoms with E-state index in [1.165, 1.54) is 11.3 Å². The number of carbonyl (C=O) groups excluding carboxylic acids is 2. The van der Waals surface area contributed by atoms with Crippen molar-refractivity contribution in [1.82, 2.24) is 24.1 Å². The fraction of sp³-hybridized carbons (Fsp3) is 0.143. The molecule has 4 rings (SSSR count). The number of anilines is 1. The highest BCUT2D eigenvalue weighted by molar-refractivity contribution is 5.95. The van der Waals surface area contributed by atoms with Gasteiger partial charge in [-0.1, -0.05) is 0 Å². The Bertz CT molecular complexity index is 1310. The lowest BCUT2D eigenvalue weighted by molar-refractivity contribution is -0.117. The maximum absolute atomic E-state index is 12.7. The number of benzene rings is 1. The summed E-state index contributed by atoms with van der Waals surface area (Å²) in [5, 5.41) is 6.98. The van der Waals surface area contributed by atoms with Crippen LogP contribution < -0.4 is 11.0 Å². The van der Waals surface area contributed by atoms with Gasteiger partial charge in [-0.2, -0.15) is 0 Å². The van der Waals surface area contributed by atoms with Crippen molar-refractivity contribution in [3.63, 3.8) is 0 Å². The van der Waals surface area contributed by atoms with Crippen molar-refractivity contribution in [2.45, 2.75) is 20.4 Å². The molecule has 0 spiro atoms. The first-order valence-corrected chi connectivity index (χ1v) is 9.21. The first kappa shape index (κ1) is 19.2. The van der Waals surface area contributed by atoms with Crippen LogP contribution in [0.4, 0.5) is 5.69 Å². The molecule has 4 aromatic rings. The van der Waals surface area contributed by atoms with Crippen LogP contribution in [-0.2, 0) is 11.3 Å². The number of hydrogen-bond donors (Lipinski definition) is 1. The highest BCUT2D eigenvalue weighted by Crippen LogP contribution is 2.17. The summed E-state index contributed by atoms with van der Waals surface area (Å²) in [6.07, 6.45) is 3.32. The van der Waals surface area contributed by atoms with E-state index in [4.69, 9.17) is 0 Å². The zero-order valence-corrected chi connectivity index (χ0v) is 16.4. The normalized spacial score (nSPS) is 10.9. The lowest BCUT2D eigenvalue weighted by Crippen LogP contribution is -2.28. The topological polar surface area (TPSA) is 111 Å². The maximum Gasteiger partial charge on any atom is 0.352 e. The highest BCUT2D eigenvalue weighted by Gasteiger charge is 2.15. The van der Waals surface area contributed by atoms with Crippen LogP contribution in [0.3, 0.4) is 0 Å². The second kappa shape index (κ2) is 7.70. The molecular weight excluding hydrogens is 384 g/mol. The van der Waals surface area contributed by atoms with Gasteiger partial charge in [-0.25, -0.2) is 18.9 Å². The van der Waals surface area contributed by atoms with Crippen molar-refractivity contribution in [3.05, 3.63) is 76.7 Å². The third-order valence-electron chi connectivity index (χ3n) is 4.58. The van der Waals surface area contributed by atoms with Crippen LogP contribution in [0.5, 0.6) is 0 Å². The number of amides is 1. The predicted molar refractivity (Wildman–Crippen MR) is 110 cm³/mol. The second-order valence-corrected chi connectivity index (χ2v) is 6.74. The van der Waals surface area contributed by atoms with Crippen molar-refractivity contribution in [1.29, 1.82) is 0 Å². The zero-order valence-electron chi connectivity index (χ0n) is 16.4. The number of nitrogens with zero attached hydrogens (tertiary/aromatic N) is 5. The number of fused-ring (bicyclic) bond motifs is 1. The molecule has 30 heavy (non-hydrogen) atoms. The number of rotatable bonds is 5. The molecule has 1 aromatic carbocycles. The highest BCUT2D eigenvalue weighted by atomic mass is 16.2. The molecule has 3 heterocycles. The number of hydrogen-bond acceptors (Lipinski definition) is 6. The lowest BCUT2D eigenvalue weighted by atomic mass is 10.1. The molecule has 1 amide bonds. The van der Waals surface area contributed by atoms with Crippen LogP contribution in [0.15, 0.2) is 59.7 Å². The van der Waals surface area contributed by atoms with Crippen molar-refractivity contribution in [3.8, 4) is 11.3 Å². The van der Waals surface area contributed by atoms with Crippen LogP contribution in [0.2, 0.25) is 0 Å². The van der Waals surface area contributed by atoms with E-state index >= 15 is 0 Å². The fourth-order valence-corrected chi connectivity index (χ4v) is 3.10. The molecule has 0 unspecified atom stereocenters. The van der Waals surface area contributed by atoms with Crippen LogP contribution in [0.25, 0.3) is 16.9 Å². The lowest BCUT2D eigenvalue weighted by Gasteiger charge is -2.05. The van der Waals surface area contributed by atoms with Crippen molar-refractivity contribution in [2.24, 2.45) is 0 Å². The summed E-state index contributed by atoms with van der Waals surface area (Å²) in [7, 11) is 0. The third kappa shape index (κ3) is 3.72. The Morgan fingerprint density at radius 2 is 1.77 bits per heavy atom. The molecule has 0 atom stereocenters. The zero-order chi connectivity index (χ0) is 21.3. The number of carbonyl (C=O) groups is 2. The summed E-state index contributed by atoms with van der Waals surface area (Å²) in [5.74, 6) is 0.00564. The van der Waals surface area contributed by atoms with Gasteiger partial charge in [0.1, 0.15) is 12.4 Å². The number of ketones is 1. The van der Waals surface area contributed by atoms with E-state index in [-0.39, 0.29) is 12.3 Å². The molecule has 0 aliphatic rings. The molecule has 0 fully saturated rings.